The van der Waals surface area contributed by atoms with Gasteiger partial charge in [0.05, 0.1) is 0 Å². The second-order valence-corrected chi connectivity index (χ2v) is 7.59. The zero-order valence-electron chi connectivity index (χ0n) is 16.9. The fourth-order valence-electron chi connectivity index (χ4n) is 3.48. The van der Waals surface area contributed by atoms with Gasteiger partial charge in [0.2, 0.25) is 0 Å². The standard InChI is InChI=1S/C19H28.C6H5Cl.Ti/c1-3-5-9-16-11-7-13-18(16)15-19-14-8-12-17(19)10-6-4-2;7-6-4-2-1-3-5-6;/h7-8,11-12H,3-6,9-10,13-15H2,1-2H3;1-5H;. The number of unbranched alkanes of at least 4 members (excludes halogenated alkanes) is 2. The van der Waals surface area contributed by atoms with Crippen LogP contribution in [0.25, 0.3) is 0 Å². The van der Waals surface area contributed by atoms with Crippen LogP contribution in [0.5, 0.6) is 0 Å². The molecule has 0 atom stereocenters. The van der Waals surface area contributed by atoms with Gasteiger partial charge in [0.15, 0.2) is 0 Å². The van der Waals surface area contributed by atoms with Crippen LogP contribution >= 0.6 is 11.6 Å². The monoisotopic (exact) mass is 416 g/mol. The van der Waals surface area contributed by atoms with E-state index in [2.05, 4.69) is 38.2 Å². The summed E-state index contributed by atoms with van der Waals surface area (Å²) in [7, 11) is 0. The predicted octanol–water partition coefficient (Wildman–Crippen LogP) is 8.61. The van der Waals surface area contributed by atoms with E-state index in [1.54, 1.807) is 22.3 Å². The number of hydrogen-bond acceptors (Lipinski definition) is 0. The SMILES string of the molecule is CCCCC1=C(CC2=C(CCCC)C=CC2)CC=C1.Clc1ccccc1.[Ti]. The van der Waals surface area contributed by atoms with Gasteiger partial charge in [-0.15, -0.1) is 0 Å². The number of benzene rings is 1. The molecule has 1 aromatic carbocycles. The summed E-state index contributed by atoms with van der Waals surface area (Å²) in [5, 5.41) is 0.794. The van der Waals surface area contributed by atoms with E-state index < -0.39 is 0 Å². The Morgan fingerprint density at radius 1 is 0.778 bits per heavy atom. The number of allylic oxidation sites excluding steroid dienone is 8. The topological polar surface area (TPSA) is 0 Å². The van der Waals surface area contributed by atoms with Crippen LogP contribution in [0.2, 0.25) is 5.02 Å². The van der Waals surface area contributed by atoms with E-state index in [9.17, 15) is 0 Å². The molecular formula is C25H33ClTi. The van der Waals surface area contributed by atoms with E-state index in [0.29, 0.717) is 0 Å². The zero-order valence-corrected chi connectivity index (χ0v) is 19.3. The molecule has 0 radical (unpaired) electrons. The molecule has 0 heterocycles. The minimum atomic E-state index is 0. The van der Waals surface area contributed by atoms with Crippen molar-refractivity contribution in [1.82, 2.24) is 0 Å². The average Bonchev–Trinajstić information content (AvgIpc) is 3.29. The maximum atomic E-state index is 5.54. The first kappa shape index (κ1) is 24.2. The first-order valence-electron chi connectivity index (χ1n) is 10.2. The van der Waals surface area contributed by atoms with Crippen LogP contribution in [0.15, 0.2) is 76.9 Å². The van der Waals surface area contributed by atoms with Crippen LogP contribution in [0.4, 0.5) is 0 Å². The molecule has 0 amide bonds. The van der Waals surface area contributed by atoms with Crippen molar-refractivity contribution in [2.75, 3.05) is 0 Å². The van der Waals surface area contributed by atoms with Crippen LogP contribution in [0, 0.1) is 0 Å². The van der Waals surface area contributed by atoms with Gasteiger partial charge >= 0.3 is 0 Å². The van der Waals surface area contributed by atoms with Gasteiger partial charge in [-0.25, -0.2) is 0 Å². The molecule has 144 valence electrons. The van der Waals surface area contributed by atoms with Gasteiger partial charge in [-0.3, -0.25) is 0 Å². The molecule has 27 heavy (non-hydrogen) atoms. The van der Waals surface area contributed by atoms with E-state index in [4.69, 9.17) is 11.6 Å². The molecule has 0 spiro atoms. The Kier molecular flexibility index (Phi) is 12.8. The van der Waals surface area contributed by atoms with Crippen molar-refractivity contribution in [3.8, 4) is 0 Å². The van der Waals surface area contributed by atoms with E-state index in [-0.39, 0.29) is 21.7 Å². The summed E-state index contributed by atoms with van der Waals surface area (Å²) in [6.45, 7) is 4.57. The number of halogens is 1. The largest absolute Gasteiger partial charge is 0.0843 e. The maximum Gasteiger partial charge on any atom is 0.0405 e. The molecule has 2 aliphatic rings. The van der Waals surface area contributed by atoms with Crippen molar-refractivity contribution in [3.05, 3.63) is 82.0 Å². The van der Waals surface area contributed by atoms with Crippen molar-refractivity contribution in [2.24, 2.45) is 0 Å². The molecule has 0 fully saturated rings. The van der Waals surface area contributed by atoms with Gasteiger partial charge in [0.1, 0.15) is 0 Å². The second kappa shape index (κ2) is 14.2. The molecule has 0 aromatic heterocycles. The first-order valence-corrected chi connectivity index (χ1v) is 10.6. The van der Waals surface area contributed by atoms with Crippen molar-refractivity contribution in [3.63, 3.8) is 0 Å². The number of rotatable bonds is 8. The fourth-order valence-corrected chi connectivity index (χ4v) is 3.63. The zero-order chi connectivity index (χ0) is 18.6. The van der Waals surface area contributed by atoms with Crippen LogP contribution in [0.1, 0.15) is 71.6 Å². The molecule has 3 rings (SSSR count). The summed E-state index contributed by atoms with van der Waals surface area (Å²) in [6, 6.07) is 9.44. The summed E-state index contributed by atoms with van der Waals surface area (Å²) >= 11 is 5.54. The third kappa shape index (κ3) is 8.82. The summed E-state index contributed by atoms with van der Waals surface area (Å²) < 4.78 is 0. The van der Waals surface area contributed by atoms with Crippen LogP contribution in [-0.2, 0) is 21.7 Å². The number of hydrogen-bond donors (Lipinski definition) is 0. The van der Waals surface area contributed by atoms with Gasteiger partial charge in [-0.1, -0.05) is 91.9 Å². The van der Waals surface area contributed by atoms with Crippen LogP contribution < -0.4 is 0 Å². The average molecular weight is 417 g/mol. The molecule has 0 aliphatic heterocycles. The van der Waals surface area contributed by atoms with E-state index >= 15 is 0 Å². The molecule has 0 N–H and O–H groups in total. The smallest absolute Gasteiger partial charge is 0.0405 e. The molecule has 0 saturated heterocycles. The normalized spacial score (nSPS) is 15.1. The van der Waals surface area contributed by atoms with E-state index in [1.165, 1.54) is 57.8 Å². The van der Waals surface area contributed by atoms with Gasteiger partial charge in [0, 0.05) is 26.7 Å². The molecule has 0 nitrogen and oxygen atoms in total. The van der Waals surface area contributed by atoms with Crippen molar-refractivity contribution >= 4 is 11.6 Å². The molecule has 0 unspecified atom stereocenters. The maximum absolute atomic E-state index is 5.54. The third-order valence-electron chi connectivity index (χ3n) is 5.03. The molecule has 0 saturated carbocycles. The molecule has 1 aromatic rings. The Bertz CT molecular complexity index is 625. The van der Waals surface area contributed by atoms with E-state index in [0.717, 1.165) is 5.02 Å². The van der Waals surface area contributed by atoms with Crippen LogP contribution in [0.3, 0.4) is 0 Å². The first-order chi connectivity index (χ1) is 12.7. The Balaban J connectivity index is 0.000000385. The Morgan fingerprint density at radius 2 is 1.26 bits per heavy atom. The predicted molar refractivity (Wildman–Crippen MR) is 117 cm³/mol. The Morgan fingerprint density at radius 3 is 1.63 bits per heavy atom. The van der Waals surface area contributed by atoms with Crippen LogP contribution in [-0.4, -0.2) is 0 Å². The quantitative estimate of drug-likeness (QED) is 0.372. The summed E-state index contributed by atoms with van der Waals surface area (Å²) in [5.41, 5.74) is 6.66. The molecule has 2 heteroatoms. The molecule has 0 bridgehead atoms. The van der Waals surface area contributed by atoms with Gasteiger partial charge in [-0.05, 0) is 68.2 Å². The minimum absolute atomic E-state index is 0. The van der Waals surface area contributed by atoms with Crippen molar-refractivity contribution in [2.45, 2.75) is 71.6 Å². The van der Waals surface area contributed by atoms with Crippen molar-refractivity contribution < 1.29 is 21.7 Å². The Hall–Kier alpha value is -0.816. The Labute approximate surface area is 186 Å². The minimum Gasteiger partial charge on any atom is -0.0843 e. The van der Waals surface area contributed by atoms with Gasteiger partial charge in [0.25, 0.3) is 0 Å². The van der Waals surface area contributed by atoms with Crippen molar-refractivity contribution in [1.29, 1.82) is 0 Å². The molecule has 2 aliphatic carbocycles. The van der Waals surface area contributed by atoms with Gasteiger partial charge in [-0.2, -0.15) is 0 Å². The van der Waals surface area contributed by atoms with Gasteiger partial charge < -0.3 is 0 Å². The molecular weight excluding hydrogens is 384 g/mol. The van der Waals surface area contributed by atoms with E-state index in [1.807, 2.05) is 30.3 Å². The summed E-state index contributed by atoms with van der Waals surface area (Å²) in [6.07, 6.45) is 20.9. The summed E-state index contributed by atoms with van der Waals surface area (Å²) in [5.74, 6) is 0. The second-order valence-electron chi connectivity index (χ2n) is 7.15. The third-order valence-corrected chi connectivity index (χ3v) is 5.29. The fraction of sp³-hybridized carbons (Fsp3) is 0.440. The summed E-state index contributed by atoms with van der Waals surface area (Å²) in [4.78, 5) is 0.